The zero-order valence-electron chi connectivity index (χ0n) is 14.9. The van der Waals surface area contributed by atoms with Gasteiger partial charge in [-0.15, -0.1) is 11.3 Å². The zero-order valence-corrected chi connectivity index (χ0v) is 15.7. The third kappa shape index (κ3) is 3.05. The van der Waals surface area contributed by atoms with Gasteiger partial charge in [0.2, 0.25) is 5.91 Å². The summed E-state index contributed by atoms with van der Waals surface area (Å²) in [4.78, 5) is 31.7. The Morgan fingerprint density at radius 2 is 2.19 bits per heavy atom. The van der Waals surface area contributed by atoms with Gasteiger partial charge in [0.05, 0.1) is 11.7 Å². The monoisotopic (exact) mass is 367 g/mol. The molecule has 6 heteroatoms. The average Bonchev–Trinajstić information content (AvgIpc) is 3.18. The van der Waals surface area contributed by atoms with Crippen LogP contribution in [0.5, 0.6) is 0 Å². The minimum Gasteiger partial charge on any atom is -0.325 e. The quantitative estimate of drug-likeness (QED) is 0.764. The molecule has 3 aromatic rings. The highest BCUT2D eigenvalue weighted by Crippen LogP contribution is 2.34. The summed E-state index contributed by atoms with van der Waals surface area (Å²) >= 11 is 1.61. The van der Waals surface area contributed by atoms with Crippen LogP contribution in [0.25, 0.3) is 10.2 Å². The van der Waals surface area contributed by atoms with E-state index >= 15 is 0 Å². The summed E-state index contributed by atoms with van der Waals surface area (Å²) in [5.74, 6) is 0.169. The number of nitrogens with one attached hydrogen (secondary N) is 1. The average molecular weight is 367 g/mol. The lowest BCUT2D eigenvalue weighted by Gasteiger charge is -2.10. The molecule has 0 fully saturated rings. The first-order valence-electron chi connectivity index (χ1n) is 8.92. The molecule has 0 spiro atoms. The number of rotatable bonds is 4. The molecule has 5 nitrogen and oxygen atoms in total. The van der Waals surface area contributed by atoms with Crippen LogP contribution in [0.15, 0.2) is 35.4 Å². The van der Waals surface area contributed by atoms with Crippen molar-refractivity contribution >= 4 is 33.1 Å². The van der Waals surface area contributed by atoms with Crippen LogP contribution in [-0.2, 0) is 24.2 Å². The molecule has 0 atom stereocenters. The first-order valence-corrected chi connectivity index (χ1v) is 9.74. The van der Waals surface area contributed by atoms with E-state index in [1.165, 1.54) is 15.8 Å². The van der Waals surface area contributed by atoms with Gasteiger partial charge in [-0.3, -0.25) is 14.2 Å². The molecule has 2 heterocycles. The number of carbonyl (C=O) groups is 1. The molecule has 1 aliphatic carbocycles. The van der Waals surface area contributed by atoms with E-state index in [-0.39, 0.29) is 18.0 Å². The van der Waals surface area contributed by atoms with E-state index in [0.717, 1.165) is 40.9 Å². The first kappa shape index (κ1) is 17.0. The standard InChI is InChI=1S/C20H21N3O2S/c1-12(2)13-5-3-6-14(9-13)22-17(24)10-23-11-21-19-18(20(23)25)15-7-4-8-16(15)26-19/h3,5-6,9,11-12H,4,7-8,10H2,1-2H3,(H,22,24). The molecule has 0 aliphatic heterocycles. The molecular formula is C20H21N3O2S. The number of benzene rings is 1. The van der Waals surface area contributed by atoms with Crippen molar-refractivity contribution in [2.45, 2.75) is 45.6 Å². The summed E-state index contributed by atoms with van der Waals surface area (Å²) in [6.07, 6.45) is 4.55. The second kappa shape index (κ2) is 6.68. The van der Waals surface area contributed by atoms with E-state index in [2.05, 4.69) is 24.1 Å². The molecule has 1 amide bonds. The van der Waals surface area contributed by atoms with Crippen LogP contribution in [0.1, 0.15) is 42.2 Å². The Balaban J connectivity index is 1.57. The second-order valence-electron chi connectivity index (χ2n) is 7.04. The number of aryl methyl sites for hydroxylation is 2. The number of aromatic nitrogens is 2. The number of nitrogens with zero attached hydrogens (tertiary/aromatic N) is 2. The Labute approximate surface area is 155 Å². The Hall–Kier alpha value is -2.47. The van der Waals surface area contributed by atoms with Crippen LogP contribution < -0.4 is 10.9 Å². The smallest absolute Gasteiger partial charge is 0.262 e. The summed E-state index contributed by atoms with van der Waals surface area (Å²) in [6.45, 7) is 4.19. The lowest BCUT2D eigenvalue weighted by atomic mass is 10.0. The molecule has 0 radical (unpaired) electrons. The third-order valence-corrected chi connectivity index (χ3v) is 6.04. The van der Waals surface area contributed by atoms with Gasteiger partial charge in [0.25, 0.3) is 5.56 Å². The third-order valence-electron chi connectivity index (χ3n) is 4.84. The van der Waals surface area contributed by atoms with Gasteiger partial charge in [-0.1, -0.05) is 26.0 Å². The number of fused-ring (bicyclic) bond motifs is 3. The predicted molar refractivity (Wildman–Crippen MR) is 105 cm³/mol. The van der Waals surface area contributed by atoms with Crippen molar-refractivity contribution < 1.29 is 4.79 Å². The minimum absolute atomic E-state index is 0.0295. The number of thiophene rings is 1. The molecule has 1 aliphatic rings. The van der Waals surface area contributed by atoms with Crippen molar-refractivity contribution in [1.29, 1.82) is 0 Å². The number of hydrogen-bond acceptors (Lipinski definition) is 4. The molecular weight excluding hydrogens is 346 g/mol. The number of carbonyl (C=O) groups excluding carboxylic acids is 1. The molecule has 26 heavy (non-hydrogen) atoms. The fourth-order valence-electron chi connectivity index (χ4n) is 3.46. The highest BCUT2D eigenvalue weighted by atomic mass is 32.1. The van der Waals surface area contributed by atoms with Gasteiger partial charge in [0, 0.05) is 10.6 Å². The fraction of sp³-hybridized carbons (Fsp3) is 0.350. The maximum absolute atomic E-state index is 12.8. The van der Waals surface area contributed by atoms with Crippen LogP contribution in [0.2, 0.25) is 0 Å². The lowest BCUT2D eigenvalue weighted by Crippen LogP contribution is -2.28. The molecule has 0 saturated heterocycles. The highest BCUT2D eigenvalue weighted by molar-refractivity contribution is 7.18. The van der Waals surface area contributed by atoms with E-state index < -0.39 is 0 Å². The number of anilines is 1. The van der Waals surface area contributed by atoms with Crippen molar-refractivity contribution in [2.24, 2.45) is 0 Å². The van der Waals surface area contributed by atoms with Gasteiger partial charge >= 0.3 is 0 Å². The van der Waals surface area contributed by atoms with Gasteiger partial charge in [-0.2, -0.15) is 0 Å². The van der Waals surface area contributed by atoms with Gasteiger partial charge in [-0.05, 0) is 48.4 Å². The minimum atomic E-state index is -0.221. The van der Waals surface area contributed by atoms with Crippen molar-refractivity contribution in [3.8, 4) is 0 Å². The van der Waals surface area contributed by atoms with Gasteiger partial charge in [0.15, 0.2) is 0 Å². The Morgan fingerprint density at radius 1 is 1.35 bits per heavy atom. The molecule has 2 aromatic heterocycles. The number of hydrogen-bond donors (Lipinski definition) is 1. The summed E-state index contributed by atoms with van der Waals surface area (Å²) in [5.41, 5.74) is 2.94. The zero-order chi connectivity index (χ0) is 18.3. The second-order valence-corrected chi connectivity index (χ2v) is 8.13. The Bertz CT molecular complexity index is 1050. The SMILES string of the molecule is CC(C)c1cccc(NC(=O)Cn2cnc3sc4c(c3c2=O)CCC4)c1. The maximum atomic E-state index is 12.8. The number of amides is 1. The van der Waals surface area contributed by atoms with E-state index in [1.54, 1.807) is 11.3 Å². The van der Waals surface area contributed by atoms with Crippen molar-refractivity contribution in [2.75, 3.05) is 5.32 Å². The van der Waals surface area contributed by atoms with Crippen LogP contribution in [0.3, 0.4) is 0 Å². The van der Waals surface area contributed by atoms with Crippen LogP contribution in [-0.4, -0.2) is 15.5 Å². The molecule has 0 bridgehead atoms. The summed E-state index contributed by atoms with van der Waals surface area (Å²) in [6, 6.07) is 7.80. The maximum Gasteiger partial charge on any atom is 0.262 e. The van der Waals surface area contributed by atoms with Crippen molar-refractivity contribution in [1.82, 2.24) is 9.55 Å². The predicted octanol–water partition coefficient (Wildman–Crippen LogP) is 3.71. The lowest BCUT2D eigenvalue weighted by molar-refractivity contribution is -0.116. The summed E-state index contributed by atoms with van der Waals surface area (Å²) in [5, 5.41) is 3.59. The van der Waals surface area contributed by atoms with E-state index in [1.807, 2.05) is 24.3 Å². The van der Waals surface area contributed by atoms with Crippen LogP contribution >= 0.6 is 11.3 Å². The summed E-state index contributed by atoms with van der Waals surface area (Å²) in [7, 11) is 0. The van der Waals surface area contributed by atoms with Crippen LogP contribution in [0.4, 0.5) is 5.69 Å². The van der Waals surface area contributed by atoms with Gasteiger partial charge < -0.3 is 5.32 Å². The molecule has 1 aromatic carbocycles. The molecule has 0 saturated carbocycles. The van der Waals surface area contributed by atoms with Gasteiger partial charge in [0.1, 0.15) is 11.4 Å². The highest BCUT2D eigenvalue weighted by Gasteiger charge is 2.21. The Morgan fingerprint density at radius 3 is 3.00 bits per heavy atom. The largest absolute Gasteiger partial charge is 0.325 e. The molecule has 0 unspecified atom stereocenters. The molecule has 1 N–H and O–H groups in total. The van der Waals surface area contributed by atoms with E-state index in [9.17, 15) is 9.59 Å². The fourth-order valence-corrected chi connectivity index (χ4v) is 4.68. The van der Waals surface area contributed by atoms with Gasteiger partial charge in [-0.25, -0.2) is 4.98 Å². The normalized spacial score (nSPS) is 13.3. The summed E-state index contributed by atoms with van der Waals surface area (Å²) < 4.78 is 1.41. The van der Waals surface area contributed by atoms with Crippen molar-refractivity contribution in [3.63, 3.8) is 0 Å². The van der Waals surface area contributed by atoms with E-state index in [0.29, 0.717) is 11.3 Å². The van der Waals surface area contributed by atoms with Crippen molar-refractivity contribution in [3.05, 3.63) is 57.0 Å². The van der Waals surface area contributed by atoms with E-state index in [4.69, 9.17) is 0 Å². The Kier molecular flexibility index (Phi) is 4.36. The topological polar surface area (TPSA) is 64.0 Å². The molecule has 134 valence electrons. The first-order chi connectivity index (χ1) is 12.5. The van der Waals surface area contributed by atoms with Crippen LogP contribution in [0, 0.1) is 0 Å². The molecule has 4 rings (SSSR count).